The Hall–Kier alpha value is -0.983. The van der Waals surface area contributed by atoms with E-state index in [4.69, 9.17) is 9.47 Å². The molecule has 92 valence electrons. The van der Waals surface area contributed by atoms with Crippen molar-refractivity contribution in [3.63, 3.8) is 0 Å². The zero-order chi connectivity index (χ0) is 12.0. The Morgan fingerprint density at radius 2 is 1.81 bits per heavy atom. The molecule has 5 nitrogen and oxygen atoms in total. The molecular weight excluding hydrogens is 226 g/mol. The molecule has 0 saturated carbocycles. The van der Waals surface area contributed by atoms with E-state index >= 15 is 0 Å². The van der Waals surface area contributed by atoms with Gasteiger partial charge in [0, 0.05) is 32.9 Å². The molecule has 1 aromatic rings. The summed E-state index contributed by atoms with van der Waals surface area (Å²) in [4.78, 5) is 0. The first-order chi connectivity index (χ1) is 7.69. The molecule has 0 fully saturated rings. The predicted molar refractivity (Wildman–Crippen MR) is 63.5 cm³/mol. The van der Waals surface area contributed by atoms with Gasteiger partial charge in [-0.2, -0.15) is 0 Å². The summed E-state index contributed by atoms with van der Waals surface area (Å²) in [5.41, 5.74) is 0. The van der Waals surface area contributed by atoms with Crippen molar-refractivity contribution < 1.29 is 19.7 Å². The van der Waals surface area contributed by atoms with Gasteiger partial charge in [0.2, 0.25) is 0 Å². The zero-order valence-corrected chi connectivity index (χ0v) is 11.1. The van der Waals surface area contributed by atoms with Gasteiger partial charge >= 0.3 is 0 Å². The summed E-state index contributed by atoms with van der Waals surface area (Å²) in [6, 6.07) is 4.02. The van der Waals surface area contributed by atoms with Crippen molar-refractivity contribution in [1.82, 2.24) is 4.57 Å². The SMILES string of the molecule is COC(OC)[SiH2]CCCn1c(O)ccc1O. The number of hydrogen-bond donors (Lipinski definition) is 2. The van der Waals surface area contributed by atoms with Crippen molar-refractivity contribution in [3.8, 4) is 11.8 Å². The third kappa shape index (κ3) is 3.55. The van der Waals surface area contributed by atoms with Gasteiger partial charge in [-0.1, -0.05) is 6.04 Å². The molecule has 1 aromatic heterocycles. The highest BCUT2D eigenvalue weighted by Gasteiger charge is 2.07. The highest BCUT2D eigenvalue weighted by Crippen LogP contribution is 2.21. The number of aromatic hydroxyl groups is 2. The molecule has 0 bridgehead atoms. The fourth-order valence-electron chi connectivity index (χ4n) is 1.59. The van der Waals surface area contributed by atoms with E-state index in [-0.39, 0.29) is 17.7 Å². The highest BCUT2D eigenvalue weighted by atomic mass is 28.2. The second-order valence-electron chi connectivity index (χ2n) is 3.60. The quantitative estimate of drug-likeness (QED) is 0.416. The van der Waals surface area contributed by atoms with E-state index in [9.17, 15) is 10.2 Å². The lowest BCUT2D eigenvalue weighted by atomic mass is 10.5. The largest absolute Gasteiger partial charge is 0.494 e. The second-order valence-corrected chi connectivity index (χ2v) is 5.55. The Morgan fingerprint density at radius 3 is 2.31 bits per heavy atom. The van der Waals surface area contributed by atoms with Crippen LogP contribution in [-0.4, -0.2) is 44.4 Å². The van der Waals surface area contributed by atoms with Crippen LogP contribution in [0.5, 0.6) is 11.8 Å². The van der Waals surface area contributed by atoms with Gasteiger partial charge in [0.15, 0.2) is 11.8 Å². The summed E-state index contributed by atoms with van der Waals surface area (Å²) in [5.74, 6) is 0.176. The van der Waals surface area contributed by atoms with E-state index in [1.165, 1.54) is 16.7 Å². The van der Waals surface area contributed by atoms with Gasteiger partial charge in [-0.05, 0) is 6.42 Å². The van der Waals surface area contributed by atoms with Crippen molar-refractivity contribution in [2.75, 3.05) is 14.2 Å². The van der Waals surface area contributed by atoms with Crippen molar-refractivity contribution in [2.24, 2.45) is 0 Å². The van der Waals surface area contributed by atoms with Crippen LogP contribution in [0.25, 0.3) is 0 Å². The van der Waals surface area contributed by atoms with Crippen LogP contribution in [0.2, 0.25) is 6.04 Å². The number of ether oxygens (including phenoxy) is 2. The van der Waals surface area contributed by atoms with Crippen LogP contribution in [0.1, 0.15) is 6.42 Å². The molecule has 1 heterocycles. The standard InChI is InChI=1S/C10H19NO4Si/c1-14-10(15-2)16-7-3-6-11-8(12)4-5-9(11)13/h4-5,10,12-13H,3,6-7,16H2,1-2H3. The molecule has 0 amide bonds. The minimum atomic E-state index is -0.420. The van der Waals surface area contributed by atoms with Crippen LogP contribution < -0.4 is 0 Å². The average molecular weight is 245 g/mol. The monoisotopic (exact) mass is 245 g/mol. The molecule has 2 N–H and O–H groups in total. The first kappa shape index (κ1) is 13.1. The van der Waals surface area contributed by atoms with Crippen molar-refractivity contribution in [3.05, 3.63) is 12.1 Å². The Bertz CT molecular complexity index is 292. The van der Waals surface area contributed by atoms with Gasteiger partial charge in [-0.15, -0.1) is 0 Å². The number of rotatable bonds is 7. The van der Waals surface area contributed by atoms with Crippen LogP contribution in [0.15, 0.2) is 12.1 Å². The van der Waals surface area contributed by atoms with Gasteiger partial charge in [-0.25, -0.2) is 0 Å². The van der Waals surface area contributed by atoms with Crippen LogP contribution in [0.4, 0.5) is 0 Å². The number of aromatic nitrogens is 1. The minimum Gasteiger partial charge on any atom is -0.494 e. The first-order valence-electron chi connectivity index (χ1n) is 5.32. The third-order valence-corrected chi connectivity index (χ3v) is 4.58. The van der Waals surface area contributed by atoms with Crippen molar-refractivity contribution in [2.45, 2.75) is 24.9 Å². The summed E-state index contributed by atoms with van der Waals surface area (Å²) in [5, 5.41) is 18.8. The molecule has 0 saturated heterocycles. The van der Waals surface area contributed by atoms with Gasteiger partial charge < -0.3 is 19.7 Å². The zero-order valence-electron chi connectivity index (χ0n) is 9.72. The Morgan fingerprint density at radius 1 is 1.25 bits per heavy atom. The summed E-state index contributed by atoms with van der Waals surface area (Å²) >= 11 is 0. The lowest BCUT2D eigenvalue weighted by Crippen LogP contribution is -2.21. The third-order valence-electron chi connectivity index (χ3n) is 2.53. The average Bonchev–Trinajstić information content (AvgIpc) is 2.60. The number of nitrogens with zero attached hydrogens (tertiary/aromatic N) is 1. The van der Waals surface area contributed by atoms with E-state index in [0.29, 0.717) is 6.54 Å². The summed E-state index contributed by atoms with van der Waals surface area (Å²) in [7, 11) is 2.87. The Kier molecular flexibility index (Phi) is 5.37. The van der Waals surface area contributed by atoms with Crippen LogP contribution in [0, 0.1) is 0 Å². The topological polar surface area (TPSA) is 63.9 Å². The molecule has 0 aliphatic rings. The Labute approximate surface area is 97.4 Å². The maximum Gasteiger partial charge on any atom is 0.193 e. The minimum absolute atomic E-state index is 0.0353. The van der Waals surface area contributed by atoms with Crippen LogP contribution in [-0.2, 0) is 16.0 Å². The van der Waals surface area contributed by atoms with Crippen molar-refractivity contribution >= 4 is 9.52 Å². The molecule has 0 spiro atoms. The smallest absolute Gasteiger partial charge is 0.193 e. The molecule has 0 aliphatic carbocycles. The lowest BCUT2D eigenvalue weighted by molar-refractivity contribution is -0.0441. The number of hydrogen-bond acceptors (Lipinski definition) is 4. The molecule has 0 radical (unpaired) electrons. The van der Waals surface area contributed by atoms with Gasteiger partial charge in [0.25, 0.3) is 0 Å². The van der Waals surface area contributed by atoms with E-state index in [1.54, 1.807) is 14.2 Å². The van der Waals surface area contributed by atoms with Crippen molar-refractivity contribution in [1.29, 1.82) is 0 Å². The van der Waals surface area contributed by atoms with Crippen LogP contribution in [0.3, 0.4) is 0 Å². The number of methoxy groups -OCH3 is 2. The van der Waals surface area contributed by atoms with Gasteiger partial charge in [0.1, 0.15) is 5.91 Å². The predicted octanol–water partition coefficient (Wildman–Crippen LogP) is 0.453. The molecule has 1 rings (SSSR count). The molecule has 16 heavy (non-hydrogen) atoms. The molecule has 0 atom stereocenters. The molecule has 6 heteroatoms. The normalized spacial score (nSPS) is 11.9. The van der Waals surface area contributed by atoms with E-state index in [2.05, 4.69) is 0 Å². The maximum absolute atomic E-state index is 9.40. The molecule has 0 unspecified atom stereocenters. The van der Waals surface area contributed by atoms with E-state index < -0.39 is 9.52 Å². The highest BCUT2D eigenvalue weighted by molar-refractivity contribution is 6.36. The Balaban J connectivity index is 2.26. The molecule has 0 aromatic carbocycles. The summed E-state index contributed by atoms with van der Waals surface area (Å²) in [6.07, 6.45) is 0.908. The van der Waals surface area contributed by atoms with E-state index in [1.807, 2.05) is 0 Å². The summed E-state index contributed by atoms with van der Waals surface area (Å²) in [6.45, 7) is 0.623. The van der Waals surface area contributed by atoms with E-state index in [0.717, 1.165) is 12.5 Å². The first-order valence-corrected chi connectivity index (χ1v) is 7.13. The lowest BCUT2D eigenvalue weighted by Gasteiger charge is -2.12. The van der Waals surface area contributed by atoms with Crippen LogP contribution >= 0.6 is 0 Å². The molecule has 0 aliphatic heterocycles. The summed E-state index contributed by atoms with van der Waals surface area (Å²) < 4.78 is 11.7. The fourth-order valence-corrected chi connectivity index (χ4v) is 2.91. The second kappa shape index (κ2) is 6.57. The fraction of sp³-hybridized carbons (Fsp3) is 0.600. The maximum atomic E-state index is 9.40. The molecular formula is C10H19NO4Si. The van der Waals surface area contributed by atoms with Gasteiger partial charge in [0.05, 0.1) is 9.52 Å². The van der Waals surface area contributed by atoms with Gasteiger partial charge in [-0.3, -0.25) is 4.57 Å².